The van der Waals surface area contributed by atoms with Crippen LogP contribution in [-0.2, 0) is 13.0 Å². The van der Waals surface area contributed by atoms with Crippen LogP contribution in [0.4, 0.5) is 4.39 Å². The van der Waals surface area contributed by atoms with E-state index in [0.29, 0.717) is 12.6 Å². The van der Waals surface area contributed by atoms with Crippen molar-refractivity contribution in [3.8, 4) is 0 Å². The van der Waals surface area contributed by atoms with E-state index >= 15 is 0 Å². The topological polar surface area (TPSA) is 19.0 Å². The number of aryl methyl sites for hydroxylation is 1. The molecule has 0 aliphatic carbocycles. The molecule has 0 fully saturated rings. The van der Waals surface area contributed by atoms with Crippen molar-refractivity contribution >= 4 is 10.9 Å². The van der Waals surface area contributed by atoms with Crippen molar-refractivity contribution in [3.63, 3.8) is 0 Å². The van der Waals surface area contributed by atoms with E-state index in [1.54, 1.807) is 13.8 Å². The second kappa shape index (κ2) is 4.59. The number of rotatable bonds is 2. The van der Waals surface area contributed by atoms with E-state index < -0.39 is 5.67 Å². The van der Waals surface area contributed by atoms with Crippen LogP contribution < -0.4 is 0 Å². The van der Waals surface area contributed by atoms with E-state index in [1.807, 2.05) is 0 Å². The molecule has 108 valence electrons. The van der Waals surface area contributed by atoms with Crippen molar-refractivity contribution in [1.82, 2.24) is 9.88 Å². The highest BCUT2D eigenvalue weighted by atomic mass is 19.1. The maximum atomic E-state index is 13.9. The summed E-state index contributed by atoms with van der Waals surface area (Å²) in [6, 6.07) is 6.96. The molecule has 3 rings (SSSR count). The van der Waals surface area contributed by atoms with E-state index in [4.69, 9.17) is 0 Å². The van der Waals surface area contributed by atoms with Crippen LogP contribution in [0, 0.1) is 6.92 Å². The molecule has 0 radical (unpaired) electrons. The SMILES string of the molecule is Cc1ccc2c3c([nH]c2c1)CN(CC(C)(C)F)[C@H](C)C3. The molecule has 1 N–H and O–H groups in total. The predicted molar refractivity (Wildman–Crippen MR) is 81.8 cm³/mol. The van der Waals surface area contributed by atoms with Crippen LogP contribution in [-0.4, -0.2) is 28.1 Å². The smallest absolute Gasteiger partial charge is 0.118 e. The van der Waals surface area contributed by atoms with Crippen molar-refractivity contribution in [2.24, 2.45) is 0 Å². The molecule has 0 spiro atoms. The van der Waals surface area contributed by atoms with Gasteiger partial charge < -0.3 is 4.98 Å². The Morgan fingerprint density at radius 3 is 2.85 bits per heavy atom. The van der Waals surface area contributed by atoms with Crippen LogP contribution >= 0.6 is 0 Å². The van der Waals surface area contributed by atoms with E-state index in [-0.39, 0.29) is 0 Å². The normalized spacial score (nSPS) is 20.4. The van der Waals surface area contributed by atoms with E-state index in [1.165, 1.54) is 27.7 Å². The molecule has 1 atom stereocenters. The van der Waals surface area contributed by atoms with Gasteiger partial charge in [0, 0.05) is 35.7 Å². The molecule has 20 heavy (non-hydrogen) atoms. The molecule has 1 aromatic carbocycles. The number of nitrogens with zero attached hydrogens (tertiary/aromatic N) is 1. The van der Waals surface area contributed by atoms with E-state index in [0.717, 1.165) is 13.0 Å². The van der Waals surface area contributed by atoms with Gasteiger partial charge in [0.25, 0.3) is 0 Å². The highest BCUT2D eigenvalue weighted by Crippen LogP contribution is 2.31. The number of alkyl halides is 1. The summed E-state index contributed by atoms with van der Waals surface area (Å²) < 4.78 is 13.9. The quantitative estimate of drug-likeness (QED) is 0.878. The van der Waals surface area contributed by atoms with Crippen molar-refractivity contribution in [3.05, 3.63) is 35.0 Å². The second-order valence-electron chi connectivity index (χ2n) is 6.81. The first-order valence-electron chi connectivity index (χ1n) is 7.36. The Morgan fingerprint density at radius 1 is 1.40 bits per heavy atom. The van der Waals surface area contributed by atoms with Gasteiger partial charge >= 0.3 is 0 Å². The minimum Gasteiger partial charge on any atom is -0.357 e. The molecule has 0 unspecified atom stereocenters. The van der Waals surface area contributed by atoms with Gasteiger partial charge in [-0.2, -0.15) is 0 Å². The first-order valence-corrected chi connectivity index (χ1v) is 7.36. The van der Waals surface area contributed by atoms with Crippen LogP contribution in [0.25, 0.3) is 10.9 Å². The fourth-order valence-electron chi connectivity index (χ4n) is 3.27. The van der Waals surface area contributed by atoms with Gasteiger partial charge in [-0.3, -0.25) is 4.90 Å². The van der Waals surface area contributed by atoms with Crippen LogP contribution in [0.2, 0.25) is 0 Å². The maximum Gasteiger partial charge on any atom is 0.118 e. The van der Waals surface area contributed by atoms with Crippen molar-refractivity contribution < 1.29 is 4.39 Å². The number of fused-ring (bicyclic) bond motifs is 3. The van der Waals surface area contributed by atoms with Gasteiger partial charge in [-0.25, -0.2) is 4.39 Å². The molecular formula is C17H23FN2. The lowest BCUT2D eigenvalue weighted by Crippen LogP contribution is -2.44. The number of aromatic amines is 1. The van der Waals surface area contributed by atoms with Crippen LogP contribution in [0.5, 0.6) is 0 Å². The van der Waals surface area contributed by atoms with Gasteiger partial charge in [0.2, 0.25) is 0 Å². The zero-order valence-corrected chi connectivity index (χ0v) is 12.8. The molecule has 0 saturated carbocycles. The van der Waals surface area contributed by atoms with E-state index in [9.17, 15) is 4.39 Å². The Bertz CT molecular complexity index is 636. The van der Waals surface area contributed by atoms with Crippen LogP contribution in [0.15, 0.2) is 18.2 Å². The highest BCUT2D eigenvalue weighted by Gasteiger charge is 2.30. The van der Waals surface area contributed by atoms with Gasteiger partial charge in [0.15, 0.2) is 0 Å². The summed E-state index contributed by atoms with van der Waals surface area (Å²) in [7, 11) is 0. The second-order valence-corrected chi connectivity index (χ2v) is 6.81. The Kier molecular flexibility index (Phi) is 3.13. The zero-order chi connectivity index (χ0) is 14.5. The fraction of sp³-hybridized carbons (Fsp3) is 0.529. The number of H-pyrrole nitrogens is 1. The molecule has 1 aliphatic rings. The summed E-state index contributed by atoms with van der Waals surface area (Å²) in [6.07, 6.45) is 0.995. The summed E-state index contributed by atoms with van der Waals surface area (Å²) >= 11 is 0. The van der Waals surface area contributed by atoms with Gasteiger partial charge in [-0.05, 0) is 51.3 Å². The molecule has 2 nitrogen and oxygen atoms in total. The summed E-state index contributed by atoms with van der Waals surface area (Å²) in [5.41, 5.74) is 4.01. The third kappa shape index (κ3) is 2.47. The summed E-state index contributed by atoms with van der Waals surface area (Å²) in [5, 5.41) is 1.33. The lowest BCUT2D eigenvalue weighted by molar-refractivity contribution is 0.0853. The molecule has 0 amide bonds. The number of benzene rings is 1. The summed E-state index contributed by atoms with van der Waals surface area (Å²) in [5.74, 6) is 0. The van der Waals surface area contributed by atoms with Crippen LogP contribution in [0.3, 0.4) is 0 Å². The molecule has 0 bridgehead atoms. The third-order valence-corrected chi connectivity index (χ3v) is 4.21. The zero-order valence-electron chi connectivity index (χ0n) is 12.8. The molecule has 1 aliphatic heterocycles. The Morgan fingerprint density at radius 2 is 2.15 bits per heavy atom. The summed E-state index contributed by atoms with van der Waals surface area (Å²) in [6.45, 7) is 8.93. The largest absolute Gasteiger partial charge is 0.357 e. The Balaban J connectivity index is 1.96. The van der Waals surface area contributed by atoms with Gasteiger partial charge in [-0.15, -0.1) is 0 Å². The molecule has 2 heterocycles. The molecule has 1 aromatic heterocycles. The van der Waals surface area contributed by atoms with Gasteiger partial charge in [0.05, 0.1) is 0 Å². The van der Waals surface area contributed by atoms with Crippen LogP contribution in [0.1, 0.15) is 37.6 Å². The molecule has 2 aromatic rings. The van der Waals surface area contributed by atoms with Crippen molar-refractivity contribution in [2.75, 3.05) is 6.54 Å². The third-order valence-electron chi connectivity index (χ3n) is 4.21. The Hall–Kier alpha value is -1.35. The minimum atomic E-state index is -1.14. The predicted octanol–water partition coefficient (Wildman–Crippen LogP) is 3.97. The minimum absolute atomic E-state index is 0.387. The highest BCUT2D eigenvalue weighted by molar-refractivity contribution is 5.85. The van der Waals surface area contributed by atoms with Crippen molar-refractivity contribution in [1.29, 1.82) is 0 Å². The standard InChI is InChI=1S/C17H23FN2/c1-11-5-6-13-14-8-12(2)20(10-17(3,4)18)9-16(14)19-15(13)7-11/h5-7,12,19H,8-10H2,1-4H3/t12-/m1/s1. The number of halogens is 1. The monoisotopic (exact) mass is 274 g/mol. The lowest BCUT2D eigenvalue weighted by atomic mass is 9.96. The van der Waals surface area contributed by atoms with Gasteiger partial charge in [-0.1, -0.05) is 12.1 Å². The van der Waals surface area contributed by atoms with Gasteiger partial charge in [0.1, 0.15) is 5.67 Å². The van der Waals surface area contributed by atoms with E-state index in [2.05, 4.69) is 41.9 Å². The fourth-order valence-corrected chi connectivity index (χ4v) is 3.27. The average Bonchev–Trinajstić information content (AvgIpc) is 2.64. The lowest BCUT2D eigenvalue weighted by Gasteiger charge is -2.36. The molecule has 0 saturated heterocycles. The molecular weight excluding hydrogens is 251 g/mol. The first kappa shape index (κ1) is 13.6. The number of hydrogen-bond acceptors (Lipinski definition) is 1. The molecule has 3 heteroatoms. The number of aromatic nitrogens is 1. The van der Waals surface area contributed by atoms with Crippen molar-refractivity contribution in [2.45, 2.75) is 52.4 Å². The first-order chi connectivity index (χ1) is 9.33. The average molecular weight is 274 g/mol. The Labute approximate surface area is 120 Å². The number of nitrogens with one attached hydrogen (secondary N) is 1. The number of hydrogen-bond donors (Lipinski definition) is 1. The summed E-state index contributed by atoms with van der Waals surface area (Å²) in [4.78, 5) is 5.77. The maximum absolute atomic E-state index is 13.9.